The maximum atomic E-state index is 5.47. The molecule has 7 heteroatoms. The number of hydrogen-bond donors (Lipinski definition) is 0. The molecule has 0 saturated carbocycles. The Kier molecular flexibility index (Phi) is 5.55. The zero-order chi connectivity index (χ0) is 21.3. The minimum absolute atomic E-state index is 0.551. The maximum absolute atomic E-state index is 5.47. The molecule has 0 aliphatic carbocycles. The summed E-state index contributed by atoms with van der Waals surface area (Å²) in [4.78, 5) is 10.7. The summed E-state index contributed by atoms with van der Waals surface area (Å²) in [6.07, 6.45) is 3.84. The molecule has 4 aromatic rings. The first-order valence-corrected chi connectivity index (χ1v) is 10.2. The monoisotopic (exact) mass is 421 g/mol. The van der Waals surface area contributed by atoms with Gasteiger partial charge in [0.25, 0.3) is 0 Å². The summed E-state index contributed by atoms with van der Waals surface area (Å²) in [5, 5.41) is 0. The first kappa shape index (κ1) is 20.1. The van der Waals surface area contributed by atoms with Crippen LogP contribution in [0.5, 0.6) is 17.2 Å². The average molecular weight is 422 g/mol. The molecule has 154 valence electrons. The van der Waals surface area contributed by atoms with Crippen molar-refractivity contribution in [3.63, 3.8) is 0 Å². The SMILES string of the molecule is COc1cc(-c2cnc3c(n2)c(C)cn3Sc2ccc(C)cc2)cc(OC)c1OC. The molecule has 0 bridgehead atoms. The maximum Gasteiger partial charge on any atom is 0.203 e. The van der Waals surface area contributed by atoms with Gasteiger partial charge in [-0.2, -0.15) is 0 Å². The van der Waals surface area contributed by atoms with Gasteiger partial charge in [0.2, 0.25) is 5.75 Å². The van der Waals surface area contributed by atoms with Crippen LogP contribution in [0.1, 0.15) is 11.1 Å². The first-order valence-electron chi connectivity index (χ1n) is 9.44. The second-order valence-corrected chi connectivity index (χ2v) is 7.93. The molecule has 0 atom stereocenters. The second kappa shape index (κ2) is 8.28. The van der Waals surface area contributed by atoms with Gasteiger partial charge >= 0.3 is 0 Å². The minimum Gasteiger partial charge on any atom is -0.493 e. The van der Waals surface area contributed by atoms with E-state index in [9.17, 15) is 0 Å². The highest BCUT2D eigenvalue weighted by atomic mass is 32.2. The van der Waals surface area contributed by atoms with Crippen molar-refractivity contribution in [3.8, 4) is 28.5 Å². The van der Waals surface area contributed by atoms with E-state index in [2.05, 4.69) is 41.4 Å². The Bertz CT molecular complexity index is 1180. The summed E-state index contributed by atoms with van der Waals surface area (Å²) in [5.41, 5.74) is 5.57. The van der Waals surface area contributed by atoms with Crippen molar-refractivity contribution in [2.45, 2.75) is 18.7 Å². The van der Waals surface area contributed by atoms with E-state index >= 15 is 0 Å². The topological polar surface area (TPSA) is 58.4 Å². The fraction of sp³-hybridized carbons (Fsp3) is 0.217. The Balaban J connectivity index is 1.76. The fourth-order valence-corrected chi connectivity index (χ4v) is 4.17. The molecular formula is C23H23N3O3S. The highest BCUT2D eigenvalue weighted by Crippen LogP contribution is 2.41. The molecule has 0 fully saturated rings. The van der Waals surface area contributed by atoms with Gasteiger partial charge in [-0.15, -0.1) is 0 Å². The zero-order valence-electron chi connectivity index (χ0n) is 17.6. The summed E-state index contributed by atoms with van der Waals surface area (Å²) in [7, 11) is 4.79. The molecule has 0 N–H and O–H groups in total. The molecule has 2 heterocycles. The van der Waals surface area contributed by atoms with Crippen molar-refractivity contribution < 1.29 is 14.2 Å². The first-order chi connectivity index (χ1) is 14.5. The largest absolute Gasteiger partial charge is 0.493 e. The van der Waals surface area contributed by atoms with Crippen molar-refractivity contribution >= 4 is 23.1 Å². The summed E-state index contributed by atoms with van der Waals surface area (Å²) < 4.78 is 18.4. The highest BCUT2D eigenvalue weighted by molar-refractivity contribution is 7.98. The lowest BCUT2D eigenvalue weighted by atomic mass is 10.1. The molecule has 0 aliphatic rings. The third-order valence-electron chi connectivity index (χ3n) is 4.83. The molecule has 6 nitrogen and oxygen atoms in total. The standard InChI is InChI=1S/C23H23N3O3S/c1-14-6-8-17(9-7-14)30-26-13-15(2)21-23(26)24-12-18(25-21)16-10-19(27-3)22(29-5)20(11-16)28-4/h6-13H,1-5H3. The van der Waals surface area contributed by atoms with E-state index in [1.807, 2.05) is 19.1 Å². The van der Waals surface area contributed by atoms with Crippen molar-refractivity contribution in [1.82, 2.24) is 13.9 Å². The summed E-state index contributed by atoms with van der Waals surface area (Å²) >= 11 is 1.62. The van der Waals surface area contributed by atoms with Crippen molar-refractivity contribution in [1.29, 1.82) is 0 Å². The van der Waals surface area contributed by atoms with E-state index in [4.69, 9.17) is 24.2 Å². The summed E-state index contributed by atoms with van der Waals surface area (Å²) in [6, 6.07) is 12.2. The predicted octanol–water partition coefficient (Wildman–Crippen LogP) is 5.30. The van der Waals surface area contributed by atoms with Gasteiger partial charge in [0.15, 0.2) is 17.1 Å². The molecule has 0 radical (unpaired) electrons. The molecule has 0 saturated heterocycles. The average Bonchev–Trinajstić information content (AvgIpc) is 3.08. The van der Waals surface area contributed by atoms with Gasteiger partial charge in [-0.3, -0.25) is 3.97 Å². The van der Waals surface area contributed by atoms with Gasteiger partial charge in [-0.05, 0) is 55.6 Å². The fourth-order valence-electron chi connectivity index (χ4n) is 3.26. The lowest BCUT2D eigenvalue weighted by Crippen LogP contribution is -1.97. The Morgan fingerprint density at radius 1 is 0.900 bits per heavy atom. The summed E-state index contributed by atoms with van der Waals surface area (Å²) in [5.74, 6) is 1.71. The van der Waals surface area contributed by atoms with Crippen LogP contribution < -0.4 is 14.2 Å². The number of nitrogens with zero attached hydrogens (tertiary/aromatic N) is 3. The molecular weight excluding hydrogens is 398 g/mol. The second-order valence-electron chi connectivity index (χ2n) is 6.88. The summed E-state index contributed by atoms with van der Waals surface area (Å²) in [6.45, 7) is 4.13. The third kappa shape index (κ3) is 3.68. The van der Waals surface area contributed by atoms with Crippen LogP contribution in [0.3, 0.4) is 0 Å². The van der Waals surface area contributed by atoms with Crippen LogP contribution in [-0.4, -0.2) is 35.3 Å². The van der Waals surface area contributed by atoms with Gasteiger partial charge in [0.05, 0.1) is 33.2 Å². The number of fused-ring (bicyclic) bond motifs is 1. The van der Waals surface area contributed by atoms with Gasteiger partial charge in [-0.25, -0.2) is 9.97 Å². The molecule has 0 unspecified atom stereocenters. The van der Waals surface area contributed by atoms with Crippen LogP contribution in [0.4, 0.5) is 0 Å². The Hall–Kier alpha value is -3.19. The third-order valence-corrected chi connectivity index (χ3v) is 5.79. The number of aryl methyl sites for hydroxylation is 2. The smallest absolute Gasteiger partial charge is 0.203 e. The minimum atomic E-state index is 0.551. The van der Waals surface area contributed by atoms with Crippen LogP contribution in [0.25, 0.3) is 22.4 Å². The van der Waals surface area contributed by atoms with E-state index in [-0.39, 0.29) is 0 Å². The quantitative estimate of drug-likeness (QED) is 0.421. The van der Waals surface area contributed by atoms with Crippen molar-refractivity contribution in [3.05, 3.63) is 59.9 Å². The highest BCUT2D eigenvalue weighted by Gasteiger charge is 2.17. The van der Waals surface area contributed by atoms with E-state index in [0.29, 0.717) is 17.2 Å². The number of hydrogen-bond acceptors (Lipinski definition) is 6. The lowest BCUT2D eigenvalue weighted by molar-refractivity contribution is 0.324. The molecule has 2 aromatic heterocycles. The van der Waals surface area contributed by atoms with E-state index in [1.54, 1.807) is 39.5 Å². The van der Waals surface area contributed by atoms with E-state index < -0.39 is 0 Å². The van der Waals surface area contributed by atoms with Crippen LogP contribution in [0, 0.1) is 13.8 Å². The van der Waals surface area contributed by atoms with Crippen LogP contribution in [0.2, 0.25) is 0 Å². The van der Waals surface area contributed by atoms with Gasteiger partial charge < -0.3 is 14.2 Å². The van der Waals surface area contributed by atoms with Crippen molar-refractivity contribution in [2.24, 2.45) is 0 Å². The predicted molar refractivity (Wildman–Crippen MR) is 120 cm³/mol. The lowest BCUT2D eigenvalue weighted by Gasteiger charge is -2.14. The van der Waals surface area contributed by atoms with E-state index in [1.165, 1.54) is 5.56 Å². The molecule has 0 spiro atoms. The Labute approximate surface area is 180 Å². The molecule has 2 aromatic carbocycles. The van der Waals surface area contributed by atoms with Gasteiger partial charge in [-0.1, -0.05) is 17.7 Å². The number of benzene rings is 2. The molecule has 4 rings (SSSR count). The normalized spacial score (nSPS) is 11.0. The Morgan fingerprint density at radius 3 is 2.17 bits per heavy atom. The number of rotatable bonds is 6. The number of methoxy groups -OCH3 is 3. The number of ether oxygens (including phenoxy) is 3. The molecule has 30 heavy (non-hydrogen) atoms. The molecule has 0 aliphatic heterocycles. The van der Waals surface area contributed by atoms with E-state index in [0.717, 1.165) is 32.9 Å². The van der Waals surface area contributed by atoms with Crippen LogP contribution in [0.15, 0.2) is 53.7 Å². The van der Waals surface area contributed by atoms with Gasteiger partial charge in [0.1, 0.15) is 5.52 Å². The Morgan fingerprint density at radius 2 is 1.57 bits per heavy atom. The molecule has 0 amide bonds. The van der Waals surface area contributed by atoms with Crippen LogP contribution in [-0.2, 0) is 0 Å². The zero-order valence-corrected chi connectivity index (χ0v) is 18.4. The number of aromatic nitrogens is 3. The van der Waals surface area contributed by atoms with Crippen LogP contribution >= 0.6 is 11.9 Å². The van der Waals surface area contributed by atoms with Crippen molar-refractivity contribution in [2.75, 3.05) is 21.3 Å². The van der Waals surface area contributed by atoms with Gasteiger partial charge in [0, 0.05) is 16.7 Å².